The number of carbonyl (C=O) groups excluding carboxylic acids is 1. The zero-order chi connectivity index (χ0) is 14.9. The Labute approximate surface area is 126 Å². The van der Waals surface area contributed by atoms with E-state index in [2.05, 4.69) is 41.3 Å². The molecule has 108 valence electrons. The van der Waals surface area contributed by atoms with Crippen molar-refractivity contribution in [1.29, 1.82) is 0 Å². The monoisotopic (exact) mass is 310 g/mol. The maximum absolute atomic E-state index is 12.0. The molecule has 0 unspecified atom stereocenters. The summed E-state index contributed by atoms with van der Waals surface area (Å²) in [5.74, 6) is 0.460. The topological polar surface area (TPSA) is 73.6 Å². The van der Waals surface area contributed by atoms with Crippen LogP contribution in [0.2, 0.25) is 0 Å². The normalized spacial score (nSPS) is 11.6. The van der Waals surface area contributed by atoms with E-state index >= 15 is 0 Å². The van der Waals surface area contributed by atoms with Crippen molar-refractivity contribution in [3.05, 3.63) is 26.3 Å². The summed E-state index contributed by atoms with van der Waals surface area (Å²) in [6.45, 7) is 8.17. The van der Waals surface area contributed by atoms with Crippen molar-refractivity contribution in [2.75, 3.05) is 5.32 Å². The van der Waals surface area contributed by atoms with Crippen LogP contribution in [0.1, 0.15) is 37.0 Å². The molecule has 20 heavy (non-hydrogen) atoms. The smallest absolute Gasteiger partial charge is 0.230 e. The lowest BCUT2D eigenvalue weighted by Gasteiger charge is -2.14. The second-order valence-electron chi connectivity index (χ2n) is 5.70. The number of anilines is 1. The van der Waals surface area contributed by atoms with Crippen LogP contribution >= 0.6 is 23.6 Å². The van der Waals surface area contributed by atoms with Crippen LogP contribution in [0.3, 0.4) is 0 Å². The van der Waals surface area contributed by atoms with Gasteiger partial charge in [-0.1, -0.05) is 20.8 Å². The van der Waals surface area contributed by atoms with Gasteiger partial charge in [-0.25, -0.2) is 0 Å². The maximum atomic E-state index is 12.0. The average molecular weight is 310 g/mol. The van der Waals surface area contributed by atoms with Gasteiger partial charge in [-0.05, 0) is 19.1 Å². The van der Waals surface area contributed by atoms with E-state index in [0.717, 1.165) is 16.3 Å². The molecular weight excluding hydrogens is 292 g/mol. The van der Waals surface area contributed by atoms with Crippen molar-refractivity contribution in [3.8, 4) is 0 Å². The van der Waals surface area contributed by atoms with Gasteiger partial charge in [-0.15, -0.1) is 11.3 Å². The van der Waals surface area contributed by atoms with Crippen molar-refractivity contribution in [2.45, 2.75) is 39.5 Å². The first-order chi connectivity index (χ1) is 9.25. The van der Waals surface area contributed by atoms with Gasteiger partial charge in [-0.2, -0.15) is 5.10 Å². The molecule has 0 saturated carbocycles. The minimum Gasteiger partial charge on any atom is -0.341 e. The Morgan fingerprint density at radius 2 is 2.20 bits per heavy atom. The van der Waals surface area contributed by atoms with Gasteiger partial charge in [0.25, 0.3) is 0 Å². The third kappa shape index (κ3) is 3.55. The molecule has 0 saturated heterocycles. The molecule has 0 bridgehead atoms. The van der Waals surface area contributed by atoms with Crippen molar-refractivity contribution in [1.82, 2.24) is 15.2 Å². The number of hydrogen-bond donors (Lipinski definition) is 3. The molecule has 0 aromatic carbocycles. The molecule has 2 rings (SSSR count). The van der Waals surface area contributed by atoms with Gasteiger partial charge in [0.15, 0.2) is 9.77 Å². The Bertz CT molecular complexity index is 675. The Morgan fingerprint density at radius 3 is 2.70 bits per heavy atom. The highest BCUT2D eigenvalue weighted by Crippen LogP contribution is 2.22. The summed E-state index contributed by atoms with van der Waals surface area (Å²) in [6.07, 6.45) is 0.307. The van der Waals surface area contributed by atoms with Crippen LogP contribution in [0.25, 0.3) is 0 Å². The van der Waals surface area contributed by atoms with Gasteiger partial charge in [0, 0.05) is 27.7 Å². The number of aryl methyl sites for hydroxylation is 1. The summed E-state index contributed by atoms with van der Waals surface area (Å²) in [7, 11) is 0. The van der Waals surface area contributed by atoms with E-state index in [-0.39, 0.29) is 11.3 Å². The van der Waals surface area contributed by atoms with Gasteiger partial charge in [-0.3, -0.25) is 9.89 Å². The van der Waals surface area contributed by atoms with Gasteiger partial charge in [0.2, 0.25) is 5.91 Å². The van der Waals surface area contributed by atoms with Gasteiger partial charge >= 0.3 is 0 Å². The predicted molar refractivity (Wildman–Crippen MR) is 83.9 cm³/mol. The predicted octanol–water partition coefficient (Wildman–Crippen LogP) is 3.32. The molecule has 2 heterocycles. The van der Waals surface area contributed by atoms with E-state index in [9.17, 15) is 4.79 Å². The highest BCUT2D eigenvalue weighted by molar-refractivity contribution is 7.73. The van der Waals surface area contributed by atoms with Crippen LogP contribution < -0.4 is 5.32 Å². The lowest BCUT2D eigenvalue weighted by atomic mass is 9.92. The number of H-pyrrole nitrogens is 2. The first-order valence-corrected chi connectivity index (χ1v) is 7.52. The SMILES string of the molecule is Cc1[nH]c(=S)sc1CC(=O)Nc1cc(C(C)(C)C)[nH]n1. The molecule has 0 radical (unpaired) electrons. The van der Waals surface area contributed by atoms with Crippen molar-refractivity contribution in [3.63, 3.8) is 0 Å². The van der Waals surface area contributed by atoms with Crippen LogP contribution in [0.15, 0.2) is 6.07 Å². The summed E-state index contributed by atoms with van der Waals surface area (Å²) in [5.41, 5.74) is 1.92. The van der Waals surface area contributed by atoms with E-state index in [1.54, 1.807) is 0 Å². The fourth-order valence-corrected chi connectivity index (χ4v) is 3.00. The quantitative estimate of drug-likeness (QED) is 0.761. The molecule has 0 aliphatic heterocycles. The van der Waals surface area contributed by atoms with Gasteiger partial charge in [0.1, 0.15) is 0 Å². The van der Waals surface area contributed by atoms with E-state index in [0.29, 0.717) is 16.2 Å². The van der Waals surface area contributed by atoms with Crippen LogP contribution in [0, 0.1) is 10.9 Å². The third-order valence-electron chi connectivity index (χ3n) is 2.90. The number of nitrogens with one attached hydrogen (secondary N) is 3. The van der Waals surface area contributed by atoms with Crippen LogP contribution in [0.5, 0.6) is 0 Å². The summed E-state index contributed by atoms with van der Waals surface area (Å²) in [5, 5.41) is 9.85. The Balaban J connectivity index is 2.03. The molecule has 0 spiro atoms. The second kappa shape index (κ2) is 5.49. The molecule has 0 aliphatic carbocycles. The molecule has 2 aromatic heterocycles. The first-order valence-electron chi connectivity index (χ1n) is 6.30. The summed E-state index contributed by atoms with van der Waals surface area (Å²) >= 11 is 6.49. The van der Waals surface area contributed by atoms with Crippen LogP contribution in [0.4, 0.5) is 5.82 Å². The molecule has 7 heteroatoms. The molecule has 0 fully saturated rings. The van der Waals surface area contributed by atoms with Crippen LogP contribution in [-0.2, 0) is 16.6 Å². The van der Waals surface area contributed by atoms with Crippen molar-refractivity contribution >= 4 is 35.3 Å². The van der Waals surface area contributed by atoms with Crippen LogP contribution in [-0.4, -0.2) is 21.1 Å². The third-order valence-corrected chi connectivity index (χ3v) is 4.23. The molecule has 0 atom stereocenters. The maximum Gasteiger partial charge on any atom is 0.230 e. The average Bonchev–Trinajstić information content (AvgIpc) is 2.86. The lowest BCUT2D eigenvalue weighted by Crippen LogP contribution is -2.14. The largest absolute Gasteiger partial charge is 0.341 e. The lowest BCUT2D eigenvalue weighted by molar-refractivity contribution is -0.115. The zero-order valence-electron chi connectivity index (χ0n) is 12.0. The highest BCUT2D eigenvalue weighted by Gasteiger charge is 2.17. The number of thiazole rings is 1. The fraction of sp³-hybridized carbons (Fsp3) is 0.462. The first kappa shape index (κ1) is 14.9. The molecule has 1 amide bonds. The highest BCUT2D eigenvalue weighted by atomic mass is 32.1. The summed E-state index contributed by atoms with van der Waals surface area (Å²) in [4.78, 5) is 16.0. The molecular formula is C13H18N4OS2. The second-order valence-corrected chi connectivity index (χ2v) is 7.48. The number of hydrogen-bond acceptors (Lipinski definition) is 4. The number of rotatable bonds is 3. The minimum atomic E-state index is -0.0923. The number of aromatic nitrogens is 3. The summed E-state index contributed by atoms with van der Waals surface area (Å²) in [6, 6.07) is 1.86. The van der Waals surface area contributed by atoms with E-state index in [1.807, 2.05) is 13.0 Å². The number of amides is 1. The van der Waals surface area contributed by atoms with Crippen molar-refractivity contribution in [2.24, 2.45) is 0 Å². The standard InChI is InChI=1S/C13H18N4OS2/c1-7-8(20-12(19)14-7)5-11(18)15-10-6-9(16-17-10)13(2,3)4/h6H,5H2,1-4H3,(H,14,19)(H2,15,16,17,18). The molecule has 0 aliphatic rings. The molecule has 3 N–H and O–H groups in total. The Morgan fingerprint density at radius 1 is 1.50 bits per heavy atom. The minimum absolute atomic E-state index is 0.0213. The van der Waals surface area contributed by atoms with E-state index in [1.165, 1.54) is 11.3 Å². The summed E-state index contributed by atoms with van der Waals surface area (Å²) < 4.78 is 0.695. The molecule has 5 nitrogen and oxygen atoms in total. The van der Waals surface area contributed by atoms with Gasteiger partial charge < -0.3 is 10.3 Å². The van der Waals surface area contributed by atoms with E-state index in [4.69, 9.17) is 12.2 Å². The number of nitrogens with zero attached hydrogens (tertiary/aromatic N) is 1. The Kier molecular flexibility index (Phi) is 4.10. The fourth-order valence-electron chi connectivity index (χ4n) is 1.71. The van der Waals surface area contributed by atoms with Crippen molar-refractivity contribution < 1.29 is 4.79 Å². The number of aromatic amines is 2. The van der Waals surface area contributed by atoms with E-state index < -0.39 is 0 Å². The number of carbonyl (C=O) groups is 1. The zero-order valence-corrected chi connectivity index (χ0v) is 13.6. The molecule has 2 aromatic rings. The Hall–Kier alpha value is -1.47. The van der Waals surface area contributed by atoms with Gasteiger partial charge in [0.05, 0.1) is 6.42 Å².